The fourth-order valence-electron chi connectivity index (χ4n) is 2.83. The summed E-state index contributed by atoms with van der Waals surface area (Å²) < 4.78 is 12.3. The van der Waals surface area contributed by atoms with E-state index in [1.54, 1.807) is 0 Å². The van der Waals surface area contributed by atoms with Gasteiger partial charge in [-0.25, -0.2) is 0 Å². The van der Waals surface area contributed by atoms with Crippen LogP contribution in [0.1, 0.15) is 32.1 Å². The van der Waals surface area contributed by atoms with Crippen LogP contribution in [0.2, 0.25) is 0 Å². The molecule has 2 unspecified atom stereocenters. The van der Waals surface area contributed by atoms with E-state index in [1.165, 1.54) is 32.1 Å². The minimum atomic E-state index is -0.844. The van der Waals surface area contributed by atoms with E-state index in [0.29, 0.717) is 5.92 Å². The van der Waals surface area contributed by atoms with Gasteiger partial charge in [-0.15, -0.1) is 0 Å². The van der Waals surface area contributed by atoms with Crippen molar-refractivity contribution in [3.8, 4) is 0 Å². The second-order valence-electron chi connectivity index (χ2n) is 4.76. The molecule has 0 radical (unpaired) electrons. The quantitative estimate of drug-likeness (QED) is 0.810. The lowest BCUT2D eigenvalue weighted by Gasteiger charge is -2.26. The van der Waals surface area contributed by atoms with Gasteiger partial charge in [-0.05, 0) is 30.9 Å². The maximum atomic E-state index is 12.3. The highest BCUT2D eigenvalue weighted by atomic mass is 32.2. The first-order valence-electron chi connectivity index (χ1n) is 6.12. The van der Waals surface area contributed by atoms with Crippen LogP contribution in [0, 0.1) is 5.92 Å². The summed E-state index contributed by atoms with van der Waals surface area (Å²) in [6.45, 7) is 0. The third kappa shape index (κ3) is 1.67. The molecule has 0 saturated heterocycles. The second-order valence-corrected chi connectivity index (χ2v) is 6.30. The highest BCUT2D eigenvalue weighted by molar-refractivity contribution is 7.86. The number of fused-ring (bicyclic) bond motifs is 1. The van der Waals surface area contributed by atoms with E-state index in [1.807, 2.05) is 24.3 Å². The number of benzene rings is 1. The monoisotopic (exact) mass is 235 g/mol. The van der Waals surface area contributed by atoms with Crippen molar-refractivity contribution in [3.05, 3.63) is 24.3 Å². The van der Waals surface area contributed by atoms with Crippen molar-refractivity contribution in [2.45, 2.75) is 42.4 Å². The molecular weight excluding hydrogens is 218 g/mol. The molecular formula is C13H17NOS. The SMILES string of the molecule is O=S1c2ccccc2NC1C1CCCCC1. The van der Waals surface area contributed by atoms with E-state index in [2.05, 4.69) is 5.32 Å². The zero-order valence-electron chi connectivity index (χ0n) is 9.32. The highest BCUT2D eigenvalue weighted by Gasteiger charge is 2.34. The third-order valence-corrected chi connectivity index (χ3v) is 5.46. The highest BCUT2D eigenvalue weighted by Crippen LogP contribution is 2.37. The number of anilines is 1. The number of hydrogen-bond donors (Lipinski definition) is 1. The summed E-state index contributed by atoms with van der Waals surface area (Å²) in [6, 6.07) is 8.01. The summed E-state index contributed by atoms with van der Waals surface area (Å²) in [5.41, 5.74) is 1.08. The molecule has 1 aromatic rings. The van der Waals surface area contributed by atoms with Gasteiger partial charge in [0.25, 0.3) is 0 Å². The molecule has 0 spiro atoms. The Hall–Kier alpha value is -0.830. The van der Waals surface area contributed by atoms with Crippen molar-refractivity contribution in [3.63, 3.8) is 0 Å². The Kier molecular flexibility index (Phi) is 2.72. The molecule has 1 aliphatic carbocycles. The van der Waals surface area contributed by atoms with Crippen molar-refractivity contribution in [2.75, 3.05) is 5.32 Å². The first-order chi connectivity index (χ1) is 7.86. The smallest absolute Gasteiger partial charge is 0.110 e. The van der Waals surface area contributed by atoms with Crippen LogP contribution in [-0.2, 0) is 10.8 Å². The predicted molar refractivity (Wildman–Crippen MR) is 66.8 cm³/mol. The van der Waals surface area contributed by atoms with E-state index in [-0.39, 0.29) is 5.37 Å². The molecule has 0 bridgehead atoms. The van der Waals surface area contributed by atoms with Gasteiger partial charge in [-0.1, -0.05) is 31.4 Å². The van der Waals surface area contributed by atoms with Gasteiger partial charge >= 0.3 is 0 Å². The topological polar surface area (TPSA) is 29.1 Å². The second kappa shape index (κ2) is 4.21. The van der Waals surface area contributed by atoms with Gasteiger partial charge in [0.05, 0.1) is 21.4 Å². The number of para-hydroxylation sites is 1. The standard InChI is InChI=1S/C13H17NOS/c15-16-12-9-5-4-8-11(12)14-13(16)10-6-2-1-3-7-10/h4-5,8-10,13-14H,1-3,6-7H2. The fourth-order valence-corrected chi connectivity index (χ4v) is 4.52. The number of hydrogen-bond acceptors (Lipinski definition) is 2. The normalized spacial score (nSPS) is 29.8. The molecule has 1 heterocycles. The van der Waals surface area contributed by atoms with Crippen LogP contribution in [0.5, 0.6) is 0 Å². The molecule has 2 nitrogen and oxygen atoms in total. The van der Waals surface area contributed by atoms with Crippen molar-refractivity contribution < 1.29 is 4.21 Å². The first kappa shape index (κ1) is 10.3. The van der Waals surface area contributed by atoms with Gasteiger partial charge in [-0.3, -0.25) is 4.21 Å². The Bertz CT molecular complexity index is 412. The average Bonchev–Trinajstić information content (AvgIpc) is 2.69. The molecule has 1 fully saturated rings. The summed E-state index contributed by atoms with van der Waals surface area (Å²) >= 11 is 0. The Labute approximate surface area is 98.9 Å². The summed E-state index contributed by atoms with van der Waals surface area (Å²) in [6.07, 6.45) is 6.42. The summed E-state index contributed by atoms with van der Waals surface area (Å²) in [5, 5.41) is 3.62. The Morgan fingerprint density at radius 2 is 1.88 bits per heavy atom. The maximum Gasteiger partial charge on any atom is 0.110 e. The summed E-state index contributed by atoms with van der Waals surface area (Å²) in [7, 11) is -0.844. The molecule has 2 aliphatic rings. The Morgan fingerprint density at radius 1 is 1.12 bits per heavy atom. The molecule has 0 amide bonds. The molecule has 2 atom stereocenters. The van der Waals surface area contributed by atoms with Crippen LogP contribution in [0.3, 0.4) is 0 Å². The lowest BCUT2D eigenvalue weighted by atomic mass is 9.89. The van der Waals surface area contributed by atoms with Gasteiger partial charge in [0.15, 0.2) is 0 Å². The molecule has 0 aromatic heterocycles. The zero-order valence-corrected chi connectivity index (χ0v) is 10.1. The Balaban J connectivity index is 1.83. The molecule has 86 valence electrons. The van der Waals surface area contributed by atoms with Crippen molar-refractivity contribution in [1.29, 1.82) is 0 Å². The van der Waals surface area contributed by atoms with Crippen LogP contribution in [0.25, 0.3) is 0 Å². The van der Waals surface area contributed by atoms with E-state index in [9.17, 15) is 4.21 Å². The van der Waals surface area contributed by atoms with Crippen molar-refractivity contribution in [2.24, 2.45) is 5.92 Å². The van der Waals surface area contributed by atoms with Crippen LogP contribution < -0.4 is 5.32 Å². The minimum Gasteiger partial charge on any atom is -0.370 e. The number of rotatable bonds is 1. The van der Waals surface area contributed by atoms with Gasteiger partial charge in [0.1, 0.15) is 5.37 Å². The maximum absolute atomic E-state index is 12.3. The minimum absolute atomic E-state index is 0.165. The van der Waals surface area contributed by atoms with Gasteiger partial charge in [-0.2, -0.15) is 0 Å². The molecule has 1 aromatic carbocycles. The van der Waals surface area contributed by atoms with Crippen LogP contribution in [0.15, 0.2) is 29.2 Å². The van der Waals surface area contributed by atoms with Crippen molar-refractivity contribution >= 4 is 16.5 Å². The van der Waals surface area contributed by atoms with Crippen LogP contribution in [0.4, 0.5) is 5.69 Å². The van der Waals surface area contributed by atoms with E-state index in [0.717, 1.165) is 10.6 Å². The van der Waals surface area contributed by atoms with Crippen LogP contribution >= 0.6 is 0 Å². The zero-order chi connectivity index (χ0) is 11.0. The largest absolute Gasteiger partial charge is 0.370 e. The summed E-state index contributed by atoms with van der Waals surface area (Å²) in [5.74, 6) is 0.599. The molecule has 3 rings (SSSR count). The Morgan fingerprint density at radius 3 is 2.62 bits per heavy atom. The van der Waals surface area contributed by atoms with Gasteiger partial charge in [0, 0.05) is 0 Å². The van der Waals surface area contributed by atoms with E-state index >= 15 is 0 Å². The summed E-state index contributed by atoms with van der Waals surface area (Å²) in [4.78, 5) is 0.998. The first-order valence-corrected chi connectivity index (χ1v) is 7.34. The lowest BCUT2D eigenvalue weighted by Crippen LogP contribution is -2.30. The number of nitrogens with one attached hydrogen (secondary N) is 1. The lowest BCUT2D eigenvalue weighted by molar-refractivity contribution is 0.358. The molecule has 1 aliphatic heterocycles. The van der Waals surface area contributed by atoms with Crippen LogP contribution in [-0.4, -0.2) is 9.58 Å². The average molecular weight is 235 g/mol. The van der Waals surface area contributed by atoms with Crippen molar-refractivity contribution in [1.82, 2.24) is 0 Å². The molecule has 3 heteroatoms. The van der Waals surface area contributed by atoms with E-state index < -0.39 is 10.8 Å². The van der Waals surface area contributed by atoms with Gasteiger partial charge in [0.2, 0.25) is 0 Å². The molecule has 1 N–H and O–H groups in total. The predicted octanol–water partition coefficient (Wildman–Crippen LogP) is 3.13. The third-order valence-electron chi connectivity index (χ3n) is 3.71. The molecule has 16 heavy (non-hydrogen) atoms. The molecule has 1 saturated carbocycles. The van der Waals surface area contributed by atoms with E-state index in [4.69, 9.17) is 0 Å². The fraction of sp³-hybridized carbons (Fsp3) is 0.538. The van der Waals surface area contributed by atoms with Gasteiger partial charge < -0.3 is 5.32 Å².